The Labute approximate surface area is 193 Å². The van der Waals surface area contributed by atoms with Crippen LogP contribution >= 0.6 is 0 Å². The maximum absolute atomic E-state index is 13.1. The van der Waals surface area contributed by atoms with Crippen LogP contribution in [0.2, 0.25) is 0 Å². The largest absolute Gasteiger partial charge is 0.507 e. The molecule has 1 fully saturated rings. The molecule has 1 aliphatic rings. The summed E-state index contributed by atoms with van der Waals surface area (Å²) in [7, 11) is -3.91. The van der Waals surface area contributed by atoms with Gasteiger partial charge in [0.2, 0.25) is 15.9 Å². The second-order valence-electron chi connectivity index (χ2n) is 8.40. The Kier molecular flexibility index (Phi) is 7.38. The molecule has 1 unspecified atom stereocenters. The number of nitrogens with one attached hydrogen (secondary N) is 1. The highest BCUT2D eigenvalue weighted by atomic mass is 32.2. The van der Waals surface area contributed by atoms with Crippen molar-refractivity contribution in [2.45, 2.75) is 31.7 Å². The normalized spacial score (nSPS) is 16.0. The number of amides is 2. The van der Waals surface area contributed by atoms with Crippen LogP contribution in [-0.2, 0) is 14.8 Å². The van der Waals surface area contributed by atoms with Crippen LogP contribution in [0.3, 0.4) is 0 Å². The maximum Gasteiger partial charge on any atom is 0.251 e. The van der Waals surface area contributed by atoms with Crippen LogP contribution in [0.1, 0.15) is 29.8 Å². The fraction of sp³-hybridized carbons (Fsp3) is 0.391. The fourth-order valence-corrected chi connectivity index (χ4v) is 5.24. The first kappa shape index (κ1) is 24.7. The Hall–Kier alpha value is -2.98. The Bertz CT molecular complexity index is 1130. The number of halogens is 1. The first-order chi connectivity index (χ1) is 15.5. The third-order valence-electron chi connectivity index (χ3n) is 5.61. The number of sulfonamides is 1. The summed E-state index contributed by atoms with van der Waals surface area (Å²) in [5.74, 6) is -1.79. The molecule has 2 amide bonds. The summed E-state index contributed by atoms with van der Waals surface area (Å²) in [6.45, 7) is 5.78. The van der Waals surface area contributed by atoms with Gasteiger partial charge in [-0.15, -0.1) is 0 Å². The molecule has 0 spiro atoms. The van der Waals surface area contributed by atoms with Gasteiger partial charge in [0.25, 0.3) is 5.91 Å². The zero-order chi connectivity index (χ0) is 24.3. The van der Waals surface area contributed by atoms with Crippen LogP contribution in [0.25, 0.3) is 0 Å². The predicted molar refractivity (Wildman–Crippen MR) is 121 cm³/mol. The number of carbonyl (C=O) groups is 2. The van der Waals surface area contributed by atoms with Gasteiger partial charge >= 0.3 is 0 Å². The number of aromatic hydroxyl groups is 1. The van der Waals surface area contributed by atoms with Gasteiger partial charge in [-0.2, -0.15) is 4.31 Å². The molecule has 1 aliphatic heterocycles. The van der Waals surface area contributed by atoms with Crippen molar-refractivity contribution in [1.82, 2.24) is 14.5 Å². The van der Waals surface area contributed by atoms with Crippen molar-refractivity contribution in [1.29, 1.82) is 0 Å². The average molecular weight is 478 g/mol. The van der Waals surface area contributed by atoms with E-state index in [1.807, 2.05) is 0 Å². The minimum atomic E-state index is -3.91. The zero-order valence-electron chi connectivity index (χ0n) is 18.8. The van der Waals surface area contributed by atoms with Gasteiger partial charge in [0.15, 0.2) is 0 Å². The number of rotatable bonds is 6. The van der Waals surface area contributed by atoms with Gasteiger partial charge in [-0.1, -0.05) is 19.9 Å². The van der Waals surface area contributed by atoms with Crippen molar-refractivity contribution >= 4 is 21.8 Å². The molecular weight excluding hydrogens is 449 g/mol. The van der Waals surface area contributed by atoms with E-state index in [1.165, 1.54) is 45.6 Å². The van der Waals surface area contributed by atoms with Crippen molar-refractivity contribution in [2.24, 2.45) is 5.92 Å². The third-order valence-corrected chi connectivity index (χ3v) is 7.54. The molecule has 8 nitrogen and oxygen atoms in total. The minimum Gasteiger partial charge on any atom is -0.507 e. The van der Waals surface area contributed by atoms with E-state index in [0.29, 0.717) is 5.56 Å². The lowest BCUT2D eigenvalue weighted by Crippen LogP contribution is -2.57. The maximum atomic E-state index is 13.1. The highest BCUT2D eigenvalue weighted by Gasteiger charge is 2.35. The first-order valence-electron chi connectivity index (χ1n) is 10.7. The van der Waals surface area contributed by atoms with Crippen LogP contribution in [0, 0.1) is 18.7 Å². The summed E-state index contributed by atoms with van der Waals surface area (Å²) in [5.41, 5.74) is 0.945. The molecule has 2 aromatic rings. The molecule has 3 rings (SSSR count). The van der Waals surface area contributed by atoms with Gasteiger partial charge in [0.1, 0.15) is 22.5 Å². The van der Waals surface area contributed by atoms with Crippen LogP contribution in [0.5, 0.6) is 5.75 Å². The van der Waals surface area contributed by atoms with E-state index < -0.39 is 27.8 Å². The molecule has 0 saturated carbocycles. The summed E-state index contributed by atoms with van der Waals surface area (Å²) in [6, 6.07) is 8.61. The van der Waals surface area contributed by atoms with Gasteiger partial charge in [0.05, 0.1) is 0 Å². The molecule has 0 aromatic heterocycles. The molecule has 0 aliphatic carbocycles. The number of phenolic OH excluding ortho intramolecular Hbond substituents is 1. The molecular formula is C23H28FN3O5S. The van der Waals surface area contributed by atoms with Crippen LogP contribution in [0.15, 0.2) is 47.4 Å². The van der Waals surface area contributed by atoms with Crippen molar-refractivity contribution in [3.63, 3.8) is 0 Å². The molecule has 1 heterocycles. The molecule has 2 aromatic carbocycles. The molecule has 33 heavy (non-hydrogen) atoms. The SMILES string of the molecule is Cc1ccc(O)c(S(=O)(=O)N2CCN(C(=O)C(NC(=O)c3ccc(F)cc3)C(C)C)CC2)c1. The molecule has 0 radical (unpaired) electrons. The molecule has 1 atom stereocenters. The Morgan fingerprint density at radius 3 is 2.21 bits per heavy atom. The van der Waals surface area contributed by atoms with E-state index >= 15 is 0 Å². The van der Waals surface area contributed by atoms with Crippen molar-refractivity contribution < 1.29 is 27.5 Å². The van der Waals surface area contributed by atoms with E-state index in [2.05, 4.69) is 5.32 Å². The molecule has 10 heteroatoms. The smallest absolute Gasteiger partial charge is 0.251 e. The number of phenols is 1. The fourth-order valence-electron chi connectivity index (χ4n) is 3.65. The monoisotopic (exact) mass is 477 g/mol. The summed E-state index contributed by atoms with van der Waals surface area (Å²) < 4.78 is 40.3. The van der Waals surface area contributed by atoms with Gasteiger partial charge in [-0.05, 0) is 54.8 Å². The van der Waals surface area contributed by atoms with Crippen molar-refractivity contribution in [3.05, 3.63) is 59.4 Å². The number of benzene rings is 2. The third kappa shape index (κ3) is 5.51. The summed E-state index contributed by atoms with van der Waals surface area (Å²) in [4.78, 5) is 27.0. The number of aryl methyl sites for hydroxylation is 1. The summed E-state index contributed by atoms with van der Waals surface area (Å²) >= 11 is 0. The standard InChI is InChI=1S/C23H28FN3O5S/c1-15(2)21(25-22(29)17-5-7-18(24)8-6-17)23(30)26-10-12-27(13-11-26)33(31,32)20-14-16(3)4-9-19(20)28/h4-9,14-15,21,28H,10-13H2,1-3H3,(H,25,29). The van der Waals surface area contributed by atoms with Crippen molar-refractivity contribution in [2.75, 3.05) is 26.2 Å². The minimum absolute atomic E-state index is 0.0676. The lowest BCUT2D eigenvalue weighted by molar-refractivity contribution is -0.135. The Morgan fingerprint density at radius 2 is 1.64 bits per heavy atom. The number of piperazine rings is 1. The van der Waals surface area contributed by atoms with Gasteiger partial charge in [-0.25, -0.2) is 12.8 Å². The first-order valence-corrected chi connectivity index (χ1v) is 12.1. The van der Waals surface area contributed by atoms with E-state index in [1.54, 1.807) is 26.8 Å². The quantitative estimate of drug-likeness (QED) is 0.663. The topological polar surface area (TPSA) is 107 Å². The second-order valence-corrected chi connectivity index (χ2v) is 10.3. The predicted octanol–water partition coefficient (Wildman–Crippen LogP) is 2.13. The number of hydrogen-bond acceptors (Lipinski definition) is 5. The van der Waals surface area contributed by atoms with Gasteiger partial charge in [-0.3, -0.25) is 9.59 Å². The van der Waals surface area contributed by atoms with Crippen molar-refractivity contribution in [3.8, 4) is 5.75 Å². The van der Waals surface area contributed by atoms with E-state index in [-0.39, 0.29) is 54.2 Å². The second kappa shape index (κ2) is 9.88. The molecule has 0 bridgehead atoms. The zero-order valence-corrected chi connectivity index (χ0v) is 19.6. The van der Waals surface area contributed by atoms with E-state index in [0.717, 1.165) is 0 Å². The molecule has 178 valence electrons. The Balaban J connectivity index is 1.68. The van der Waals surface area contributed by atoms with Gasteiger partial charge < -0.3 is 15.3 Å². The summed E-state index contributed by atoms with van der Waals surface area (Å²) in [5, 5.41) is 12.7. The highest BCUT2D eigenvalue weighted by Crippen LogP contribution is 2.27. The molecule has 2 N–H and O–H groups in total. The number of hydrogen-bond donors (Lipinski definition) is 2. The van der Waals surface area contributed by atoms with Crippen LogP contribution in [-0.4, -0.2) is 66.8 Å². The summed E-state index contributed by atoms with van der Waals surface area (Å²) in [6.07, 6.45) is 0. The number of carbonyl (C=O) groups excluding carboxylic acids is 2. The van der Waals surface area contributed by atoms with Crippen LogP contribution in [0.4, 0.5) is 4.39 Å². The van der Waals surface area contributed by atoms with E-state index in [4.69, 9.17) is 0 Å². The highest BCUT2D eigenvalue weighted by molar-refractivity contribution is 7.89. The lowest BCUT2D eigenvalue weighted by Gasteiger charge is -2.36. The van der Waals surface area contributed by atoms with E-state index in [9.17, 15) is 27.5 Å². The lowest BCUT2D eigenvalue weighted by atomic mass is 10.0. The van der Waals surface area contributed by atoms with Crippen LogP contribution < -0.4 is 5.32 Å². The average Bonchev–Trinajstić information content (AvgIpc) is 2.78. The molecule has 1 saturated heterocycles. The Morgan fingerprint density at radius 1 is 1.03 bits per heavy atom. The number of nitrogens with zero attached hydrogens (tertiary/aromatic N) is 2. The van der Waals surface area contributed by atoms with Gasteiger partial charge in [0, 0.05) is 31.7 Å².